The first-order valence-electron chi connectivity index (χ1n) is 8.33. The highest BCUT2D eigenvalue weighted by molar-refractivity contribution is 6.34. The van der Waals surface area contributed by atoms with Gasteiger partial charge in [-0.15, -0.1) is 0 Å². The lowest BCUT2D eigenvalue weighted by molar-refractivity contribution is 0.0926. The molecule has 9 heteroatoms. The number of aryl methyl sites for hydroxylation is 2. The van der Waals surface area contributed by atoms with Crippen molar-refractivity contribution < 1.29 is 9.18 Å². The van der Waals surface area contributed by atoms with Crippen molar-refractivity contribution in [1.82, 2.24) is 20.1 Å². The van der Waals surface area contributed by atoms with Crippen LogP contribution in [0.1, 0.15) is 16.1 Å². The van der Waals surface area contributed by atoms with Gasteiger partial charge < -0.3 is 10.2 Å². The van der Waals surface area contributed by atoms with Crippen molar-refractivity contribution in [2.24, 2.45) is 7.05 Å². The summed E-state index contributed by atoms with van der Waals surface area (Å²) in [6.07, 6.45) is 1.49. The summed E-state index contributed by atoms with van der Waals surface area (Å²) in [4.78, 5) is 18.4. The van der Waals surface area contributed by atoms with Gasteiger partial charge in [0.25, 0.3) is 5.91 Å². The van der Waals surface area contributed by atoms with Crippen LogP contribution in [0.4, 0.5) is 10.1 Å². The molecular formula is C18H16Cl2FN5O. The number of carbonyl (C=O) groups excluding carboxylic acids is 1. The topological polar surface area (TPSA) is 63.1 Å². The second-order valence-electron chi connectivity index (χ2n) is 6.59. The maximum Gasteiger partial charge on any atom is 0.254 e. The van der Waals surface area contributed by atoms with Crippen molar-refractivity contribution in [3.05, 3.63) is 51.6 Å². The molecule has 0 unspecified atom stereocenters. The molecule has 1 amide bonds. The van der Waals surface area contributed by atoms with Crippen molar-refractivity contribution in [2.75, 3.05) is 18.0 Å². The Labute approximate surface area is 164 Å². The molecule has 1 aliphatic heterocycles. The predicted molar refractivity (Wildman–Crippen MR) is 103 cm³/mol. The van der Waals surface area contributed by atoms with Gasteiger partial charge in [-0.3, -0.25) is 9.48 Å². The molecule has 6 nitrogen and oxygen atoms in total. The molecule has 27 heavy (non-hydrogen) atoms. The average Bonchev–Trinajstić information content (AvgIpc) is 2.86. The minimum Gasteiger partial charge on any atom is -0.366 e. The van der Waals surface area contributed by atoms with Crippen LogP contribution in [0.25, 0.3) is 10.9 Å². The van der Waals surface area contributed by atoms with Gasteiger partial charge in [0.2, 0.25) is 0 Å². The Bertz CT molecular complexity index is 1060. The van der Waals surface area contributed by atoms with Crippen LogP contribution in [0, 0.1) is 12.7 Å². The first-order chi connectivity index (χ1) is 12.8. The molecule has 4 rings (SSSR count). The highest BCUT2D eigenvalue weighted by Gasteiger charge is 2.30. The number of carbonyl (C=O) groups is 1. The number of nitrogens with one attached hydrogen (secondary N) is 1. The fourth-order valence-corrected chi connectivity index (χ4v) is 3.57. The number of rotatable bonds is 3. The first kappa shape index (κ1) is 18.0. The third kappa shape index (κ3) is 3.21. The van der Waals surface area contributed by atoms with Crippen LogP contribution in [-0.4, -0.2) is 39.8 Å². The van der Waals surface area contributed by atoms with Gasteiger partial charge in [0.15, 0.2) is 0 Å². The van der Waals surface area contributed by atoms with Crippen molar-refractivity contribution in [3.8, 4) is 0 Å². The molecule has 1 aliphatic rings. The van der Waals surface area contributed by atoms with Crippen LogP contribution < -0.4 is 10.2 Å². The zero-order valence-electron chi connectivity index (χ0n) is 14.6. The summed E-state index contributed by atoms with van der Waals surface area (Å²) in [5.74, 6) is -1.03. The van der Waals surface area contributed by atoms with Crippen LogP contribution in [-0.2, 0) is 7.05 Å². The minimum absolute atomic E-state index is 0.0158. The summed E-state index contributed by atoms with van der Waals surface area (Å²) in [5.41, 5.74) is 2.18. The second kappa shape index (κ2) is 6.65. The van der Waals surface area contributed by atoms with E-state index < -0.39 is 11.7 Å². The number of hydrogen-bond acceptors (Lipinski definition) is 4. The van der Waals surface area contributed by atoms with E-state index in [9.17, 15) is 9.18 Å². The molecule has 0 atom stereocenters. The number of amides is 1. The molecular weight excluding hydrogens is 392 g/mol. The molecule has 1 aromatic carbocycles. The number of nitrogens with zero attached hydrogens (tertiary/aromatic N) is 4. The maximum absolute atomic E-state index is 14.4. The number of benzene rings is 1. The van der Waals surface area contributed by atoms with Crippen molar-refractivity contribution >= 4 is 45.7 Å². The molecule has 0 bridgehead atoms. The summed E-state index contributed by atoms with van der Waals surface area (Å²) in [5, 5.41) is 8.70. The van der Waals surface area contributed by atoms with E-state index in [0.717, 1.165) is 16.8 Å². The molecule has 0 aliphatic carbocycles. The Morgan fingerprint density at radius 2 is 2.04 bits per heavy atom. The third-order valence-corrected chi connectivity index (χ3v) is 5.32. The second-order valence-corrected chi connectivity index (χ2v) is 7.39. The van der Waals surface area contributed by atoms with Crippen LogP contribution >= 0.6 is 23.2 Å². The fraction of sp³-hybridized carbons (Fsp3) is 0.278. The van der Waals surface area contributed by atoms with Crippen LogP contribution in [0.2, 0.25) is 10.2 Å². The lowest BCUT2D eigenvalue weighted by Crippen LogP contribution is -2.59. The van der Waals surface area contributed by atoms with E-state index in [4.69, 9.17) is 23.2 Å². The normalized spacial score (nSPS) is 14.5. The number of hydrogen-bond donors (Lipinski definition) is 1. The van der Waals surface area contributed by atoms with E-state index in [1.165, 1.54) is 12.3 Å². The number of halogens is 3. The summed E-state index contributed by atoms with van der Waals surface area (Å²) < 4.78 is 16.0. The van der Waals surface area contributed by atoms with Gasteiger partial charge >= 0.3 is 0 Å². The minimum atomic E-state index is -0.585. The van der Waals surface area contributed by atoms with E-state index in [1.807, 2.05) is 11.8 Å². The highest BCUT2D eigenvalue weighted by atomic mass is 35.5. The predicted octanol–water partition coefficient (Wildman–Crippen LogP) is 3.34. The largest absolute Gasteiger partial charge is 0.366 e. The Kier molecular flexibility index (Phi) is 4.44. The Hall–Kier alpha value is -2.38. The summed E-state index contributed by atoms with van der Waals surface area (Å²) in [7, 11) is 1.78. The molecule has 0 saturated carbocycles. The third-order valence-electron chi connectivity index (χ3n) is 4.82. The molecule has 3 aromatic rings. The Balaban J connectivity index is 1.48. The SMILES string of the molecule is Cc1c2cc(C(=O)NC3CN(c4cc(Cl)ncc4Cl)C3)c(F)cc2nn1C. The Morgan fingerprint density at radius 3 is 2.78 bits per heavy atom. The molecule has 2 aromatic heterocycles. The van der Waals surface area contributed by atoms with E-state index in [2.05, 4.69) is 15.4 Å². The van der Waals surface area contributed by atoms with Gasteiger partial charge in [0, 0.05) is 49.5 Å². The van der Waals surface area contributed by atoms with Gasteiger partial charge in [-0.2, -0.15) is 5.10 Å². The molecule has 1 fully saturated rings. The fourth-order valence-electron chi connectivity index (χ4n) is 3.20. The smallest absolute Gasteiger partial charge is 0.254 e. The number of aromatic nitrogens is 3. The number of anilines is 1. The quantitative estimate of drug-likeness (QED) is 0.676. The summed E-state index contributed by atoms with van der Waals surface area (Å²) >= 11 is 12.0. The number of fused-ring (bicyclic) bond motifs is 1. The summed E-state index contributed by atoms with van der Waals surface area (Å²) in [6.45, 7) is 2.99. The zero-order valence-corrected chi connectivity index (χ0v) is 16.1. The standard InChI is InChI=1S/C18H16Cl2FN5O/c1-9-11-3-12(14(21)4-15(11)24-25(9)2)18(27)23-10-7-26(8-10)16-5-17(20)22-6-13(16)19/h3-6,10H,7-8H2,1-2H3,(H,23,27). The molecule has 0 radical (unpaired) electrons. The van der Waals surface area contributed by atoms with E-state index in [1.54, 1.807) is 23.9 Å². The van der Waals surface area contributed by atoms with Crippen LogP contribution in [0.15, 0.2) is 24.4 Å². The van der Waals surface area contributed by atoms with E-state index in [0.29, 0.717) is 28.8 Å². The van der Waals surface area contributed by atoms with E-state index in [-0.39, 0.29) is 11.6 Å². The van der Waals surface area contributed by atoms with Crippen LogP contribution in [0.3, 0.4) is 0 Å². The lowest BCUT2D eigenvalue weighted by atomic mass is 10.1. The zero-order chi connectivity index (χ0) is 19.3. The van der Waals surface area contributed by atoms with Crippen LogP contribution in [0.5, 0.6) is 0 Å². The van der Waals surface area contributed by atoms with Gasteiger partial charge in [0.1, 0.15) is 11.0 Å². The molecule has 140 valence electrons. The average molecular weight is 408 g/mol. The van der Waals surface area contributed by atoms with Gasteiger partial charge in [0.05, 0.1) is 27.8 Å². The highest BCUT2D eigenvalue weighted by Crippen LogP contribution is 2.30. The number of pyridine rings is 1. The van der Waals surface area contributed by atoms with Gasteiger partial charge in [-0.25, -0.2) is 9.37 Å². The lowest BCUT2D eigenvalue weighted by Gasteiger charge is -2.41. The van der Waals surface area contributed by atoms with Gasteiger partial charge in [-0.1, -0.05) is 23.2 Å². The monoisotopic (exact) mass is 407 g/mol. The molecule has 0 spiro atoms. The maximum atomic E-state index is 14.4. The van der Waals surface area contributed by atoms with Gasteiger partial charge in [-0.05, 0) is 13.0 Å². The van der Waals surface area contributed by atoms with E-state index >= 15 is 0 Å². The molecule has 1 saturated heterocycles. The first-order valence-corrected chi connectivity index (χ1v) is 9.09. The van der Waals surface area contributed by atoms with Crippen molar-refractivity contribution in [2.45, 2.75) is 13.0 Å². The molecule has 3 heterocycles. The van der Waals surface area contributed by atoms with Crippen molar-refractivity contribution in [3.63, 3.8) is 0 Å². The molecule has 1 N–H and O–H groups in total. The van der Waals surface area contributed by atoms with Crippen molar-refractivity contribution in [1.29, 1.82) is 0 Å². The Morgan fingerprint density at radius 1 is 1.30 bits per heavy atom. The summed E-state index contributed by atoms with van der Waals surface area (Å²) in [6, 6.07) is 4.42.